The molecule has 0 radical (unpaired) electrons. The van der Waals surface area contributed by atoms with Crippen LogP contribution in [-0.4, -0.2) is 30.5 Å². The Balaban J connectivity index is 2.50. The molecule has 3 heteroatoms. The molecule has 23 heavy (non-hydrogen) atoms. The first-order valence-electron chi connectivity index (χ1n) is 8.07. The molecule has 3 nitrogen and oxygen atoms in total. The van der Waals surface area contributed by atoms with E-state index in [1.165, 1.54) is 5.56 Å². The first kappa shape index (κ1) is 17.2. The van der Waals surface area contributed by atoms with E-state index in [2.05, 4.69) is 54.1 Å². The second-order valence-corrected chi connectivity index (χ2v) is 6.56. The van der Waals surface area contributed by atoms with Crippen LogP contribution in [0.5, 0.6) is 0 Å². The van der Waals surface area contributed by atoms with E-state index in [0.29, 0.717) is 12.3 Å². The average molecular weight is 307 g/mol. The molecule has 120 valence electrons. The number of nitrogens with zero attached hydrogens (tertiary/aromatic N) is 3. The minimum absolute atomic E-state index is 0.483. The molecule has 2 aromatic rings. The van der Waals surface area contributed by atoms with E-state index in [9.17, 15) is 5.26 Å². The first-order chi connectivity index (χ1) is 11.0. The van der Waals surface area contributed by atoms with Crippen molar-refractivity contribution in [2.75, 3.05) is 20.6 Å². The highest BCUT2D eigenvalue weighted by atomic mass is 15.0. The van der Waals surface area contributed by atoms with E-state index < -0.39 is 5.41 Å². The van der Waals surface area contributed by atoms with Gasteiger partial charge >= 0.3 is 0 Å². The number of hydrogen-bond acceptors (Lipinski definition) is 3. The smallest absolute Gasteiger partial charge is 0.125 e. The summed E-state index contributed by atoms with van der Waals surface area (Å²) in [6, 6.07) is 16.8. The lowest BCUT2D eigenvalue weighted by molar-refractivity contribution is 0.369. The Labute approximate surface area is 139 Å². The van der Waals surface area contributed by atoms with Crippen molar-refractivity contribution in [3.63, 3.8) is 0 Å². The summed E-state index contributed by atoms with van der Waals surface area (Å²) in [7, 11) is 4.06. The van der Waals surface area contributed by atoms with Crippen LogP contribution in [0.4, 0.5) is 0 Å². The number of hydrogen-bond donors (Lipinski definition) is 0. The summed E-state index contributed by atoms with van der Waals surface area (Å²) in [6.07, 6.45) is 2.48. The average Bonchev–Trinajstić information content (AvgIpc) is 2.57. The zero-order chi connectivity index (χ0) is 16.9. The van der Waals surface area contributed by atoms with Gasteiger partial charge in [0.25, 0.3) is 0 Å². The highest BCUT2D eigenvalue weighted by Gasteiger charge is 2.35. The zero-order valence-corrected chi connectivity index (χ0v) is 14.5. The van der Waals surface area contributed by atoms with Crippen molar-refractivity contribution >= 4 is 0 Å². The van der Waals surface area contributed by atoms with Gasteiger partial charge in [-0.05, 0) is 56.2 Å². The number of pyridine rings is 1. The summed E-state index contributed by atoms with van der Waals surface area (Å²) in [5.41, 5.74) is 2.42. The van der Waals surface area contributed by atoms with Crippen LogP contribution in [0, 0.1) is 11.3 Å². The Kier molecular flexibility index (Phi) is 5.52. The third kappa shape index (κ3) is 3.78. The highest BCUT2D eigenvalue weighted by Crippen LogP contribution is 2.34. The molecule has 2 rings (SSSR count). The number of nitriles is 1. The van der Waals surface area contributed by atoms with Crippen molar-refractivity contribution in [2.24, 2.45) is 0 Å². The van der Waals surface area contributed by atoms with Gasteiger partial charge in [0.05, 0.1) is 11.8 Å². The van der Waals surface area contributed by atoms with Crippen LogP contribution in [0.2, 0.25) is 0 Å². The van der Waals surface area contributed by atoms with Crippen LogP contribution in [0.25, 0.3) is 0 Å². The summed E-state index contributed by atoms with van der Waals surface area (Å²) < 4.78 is 0. The van der Waals surface area contributed by atoms with Crippen molar-refractivity contribution in [1.82, 2.24) is 9.88 Å². The van der Waals surface area contributed by atoms with E-state index in [1.807, 2.05) is 32.3 Å². The highest BCUT2D eigenvalue weighted by molar-refractivity contribution is 5.44. The minimum atomic E-state index is -0.707. The maximum atomic E-state index is 10.1. The fourth-order valence-corrected chi connectivity index (χ4v) is 2.76. The molecular weight excluding hydrogens is 282 g/mol. The Morgan fingerprint density at radius 2 is 1.83 bits per heavy atom. The molecule has 0 N–H and O–H groups in total. The second-order valence-electron chi connectivity index (χ2n) is 6.56. The summed E-state index contributed by atoms with van der Waals surface area (Å²) >= 11 is 0. The molecular formula is C20H25N3. The predicted molar refractivity (Wildman–Crippen MR) is 94.3 cm³/mol. The third-order valence-electron chi connectivity index (χ3n) is 4.30. The van der Waals surface area contributed by atoms with Crippen molar-refractivity contribution < 1.29 is 0 Å². The van der Waals surface area contributed by atoms with Gasteiger partial charge in [0.1, 0.15) is 5.41 Å². The Morgan fingerprint density at radius 3 is 2.30 bits per heavy atom. The summed E-state index contributed by atoms with van der Waals surface area (Å²) in [5, 5.41) is 10.1. The van der Waals surface area contributed by atoms with Gasteiger partial charge in [0.15, 0.2) is 0 Å². The van der Waals surface area contributed by atoms with Gasteiger partial charge in [-0.3, -0.25) is 4.98 Å². The molecule has 1 aromatic carbocycles. The SMILES string of the molecule is CC(C)c1ccc(C(C#N)(CCN(C)C)c2ccccn2)cc1. The van der Waals surface area contributed by atoms with Crippen molar-refractivity contribution in [3.05, 3.63) is 65.5 Å². The molecule has 0 saturated heterocycles. The Hall–Kier alpha value is -2.18. The maximum Gasteiger partial charge on any atom is 0.125 e. The molecule has 0 spiro atoms. The maximum absolute atomic E-state index is 10.1. The Bertz CT molecular complexity index is 654. The van der Waals surface area contributed by atoms with Crippen LogP contribution in [-0.2, 0) is 5.41 Å². The first-order valence-corrected chi connectivity index (χ1v) is 8.07. The van der Waals surface area contributed by atoms with E-state index in [1.54, 1.807) is 6.20 Å². The summed E-state index contributed by atoms with van der Waals surface area (Å²) in [4.78, 5) is 6.60. The third-order valence-corrected chi connectivity index (χ3v) is 4.30. The molecule has 0 aliphatic heterocycles. The molecule has 0 fully saturated rings. The number of aromatic nitrogens is 1. The largest absolute Gasteiger partial charge is 0.309 e. The van der Waals surface area contributed by atoms with Gasteiger partial charge in [0.2, 0.25) is 0 Å². The number of benzene rings is 1. The lowest BCUT2D eigenvalue weighted by atomic mass is 9.75. The van der Waals surface area contributed by atoms with Gasteiger partial charge in [-0.2, -0.15) is 5.26 Å². The zero-order valence-electron chi connectivity index (χ0n) is 14.5. The lowest BCUT2D eigenvalue weighted by Crippen LogP contribution is -2.31. The van der Waals surface area contributed by atoms with Gasteiger partial charge in [-0.1, -0.05) is 44.2 Å². The molecule has 1 atom stereocenters. The van der Waals surface area contributed by atoms with Crippen molar-refractivity contribution in [3.8, 4) is 6.07 Å². The normalized spacial score (nSPS) is 13.8. The molecule has 0 amide bonds. The molecule has 1 unspecified atom stereocenters. The lowest BCUT2D eigenvalue weighted by Gasteiger charge is -2.28. The van der Waals surface area contributed by atoms with Crippen LogP contribution >= 0.6 is 0 Å². The molecule has 0 bridgehead atoms. The number of rotatable bonds is 6. The quantitative estimate of drug-likeness (QED) is 0.811. The second kappa shape index (κ2) is 7.39. The van der Waals surface area contributed by atoms with Crippen molar-refractivity contribution in [2.45, 2.75) is 31.6 Å². The van der Waals surface area contributed by atoms with Crippen LogP contribution < -0.4 is 0 Å². The van der Waals surface area contributed by atoms with E-state index in [4.69, 9.17) is 0 Å². The summed E-state index contributed by atoms with van der Waals surface area (Å²) in [5.74, 6) is 0.483. The van der Waals surface area contributed by atoms with Gasteiger partial charge in [-0.25, -0.2) is 0 Å². The van der Waals surface area contributed by atoms with Gasteiger partial charge in [-0.15, -0.1) is 0 Å². The molecule has 0 aliphatic carbocycles. The fraction of sp³-hybridized carbons (Fsp3) is 0.400. The molecule has 0 aliphatic rings. The predicted octanol–water partition coefficient (Wildman–Crippen LogP) is 3.97. The monoisotopic (exact) mass is 307 g/mol. The van der Waals surface area contributed by atoms with Gasteiger partial charge < -0.3 is 4.90 Å². The summed E-state index contributed by atoms with van der Waals surface area (Å²) in [6.45, 7) is 5.19. The molecule has 0 saturated carbocycles. The van der Waals surface area contributed by atoms with Gasteiger partial charge in [0, 0.05) is 6.20 Å². The van der Waals surface area contributed by atoms with Crippen molar-refractivity contribution in [1.29, 1.82) is 5.26 Å². The minimum Gasteiger partial charge on any atom is -0.309 e. The van der Waals surface area contributed by atoms with Crippen LogP contribution in [0.3, 0.4) is 0 Å². The fourth-order valence-electron chi connectivity index (χ4n) is 2.76. The van der Waals surface area contributed by atoms with E-state index in [0.717, 1.165) is 17.8 Å². The standard InChI is InChI=1S/C20H25N3/c1-16(2)17-8-10-18(11-9-17)20(15-21,12-14-23(3)4)19-7-5-6-13-22-19/h5-11,13,16H,12,14H2,1-4H3. The van der Waals surface area contributed by atoms with Crippen LogP contribution in [0.1, 0.15) is 43.0 Å². The topological polar surface area (TPSA) is 39.9 Å². The van der Waals surface area contributed by atoms with E-state index in [-0.39, 0.29) is 0 Å². The van der Waals surface area contributed by atoms with E-state index >= 15 is 0 Å². The van der Waals surface area contributed by atoms with Crippen LogP contribution in [0.15, 0.2) is 48.7 Å². The Morgan fingerprint density at radius 1 is 1.13 bits per heavy atom. The molecule has 1 heterocycles. The molecule has 1 aromatic heterocycles.